The molecular weight excluding hydrogens is 331 g/mol. The number of carbonyl (C=O) groups is 2. The van der Waals surface area contributed by atoms with E-state index in [1.165, 1.54) is 30.1 Å². The second-order valence-corrected chi connectivity index (χ2v) is 5.38. The molecule has 1 aliphatic rings. The third kappa shape index (κ3) is 4.60. The molecule has 2 rings (SSSR count). The molecule has 0 aliphatic carbocycles. The topological polar surface area (TPSA) is 76.1 Å². The number of likely N-dealkylation sites (N-methyl/N-ethyl adjacent to an activating group) is 1. The van der Waals surface area contributed by atoms with E-state index in [-0.39, 0.29) is 30.7 Å². The highest BCUT2D eigenvalue weighted by atomic mass is 19.4. The van der Waals surface area contributed by atoms with E-state index < -0.39 is 30.4 Å². The van der Waals surface area contributed by atoms with Gasteiger partial charge in [0.25, 0.3) is 5.91 Å². The van der Waals surface area contributed by atoms with Gasteiger partial charge in [-0.3, -0.25) is 4.79 Å². The van der Waals surface area contributed by atoms with Crippen LogP contribution < -0.4 is 4.74 Å². The Kier molecular flexibility index (Phi) is 5.33. The first kappa shape index (κ1) is 18.1. The number of halogens is 3. The van der Waals surface area contributed by atoms with Crippen molar-refractivity contribution < 1.29 is 37.3 Å². The maximum atomic E-state index is 12.4. The molecule has 1 saturated heterocycles. The highest BCUT2D eigenvalue weighted by Crippen LogP contribution is 2.28. The second kappa shape index (κ2) is 7.08. The van der Waals surface area contributed by atoms with Crippen molar-refractivity contribution in [3.05, 3.63) is 29.8 Å². The fourth-order valence-corrected chi connectivity index (χ4v) is 2.44. The molecule has 1 N–H and O–H groups in total. The van der Waals surface area contributed by atoms with Crippen molar-refractivity contribution in [2.45, 2.75) is 38.0 Å². The predicted octanol–water partition coefficient (Wildman–Crippen LogP) is 2.18. The van der Waals surface area contributed by atoms with E-state index in [0.717, 1.165) is 6.07 Å². The predicted molar refractivity (Wildman–Crippen MR) is 75.1 cm³/mol. The number of ether oxygens (including phenoxy) is 2. The van der Waals surface area contributed by atoms with Crippen LogP contribution in [0, 0.1) is 0 Å². The lowest BCUT2D eigenvalue weighted by Crippen LogP contribution is -2.37. The van der Waals surface area contributed by atoms with Crippen LogP contribution in [-0.2, 0) is 20.9 Å². The van der Waals surface area contributed by atoms with Crippen molar-refractivity contribution in [3.8, 4) is 5.75 Å². The van der Waals surface area contributed by atoms with Crippen LogP contribution in [0.4, 0.5) is 13.2 Å². The summed E-state index contributed by atoms with van der Waals surface area (Å²) in [6.07, 6.45) is -6.31. The summed E-state index contributed by atoms with van der Waals surface area (Å²) in [5.74, 6) is -2.02. The van der Waals surface area contributed by atoms with Gasteiger partial charge in [0.1, 0.15) is 11.9 Å². The van der Waals surface area contributed by atoms with Gasteiger partial charge in [-0.1, -0.05) is 18.2 Å². The Morgan fingerprint density at radius 2 is 1.92 bits per heavy atom. The monoisotopic (exact) mass is 347 g/mol. The molecule has 0 saturated carbocycles. The fourth-order valence-electron chi connectivity index (χ4n) is 2.44. The smallest absolute Gasteiger partial charge is 0.479 e. The van der Waals surface area contributed by atoms with Crippen LogP contribution in [0.15, 0.2) is 24.3 Å². The van der Waals surface area contributed by atoms with Gasteiger partial charge in [0.2, 0.25) is 0 Å². The molecule has 0 spiro atoms. The van der Waals surface area contributed by atoms with Crippen LogP contribution in [-0.4, -0.2) is 47.5 Å². The molecule has 0 radical (unpaired) electrons. The standard InChI is InChI=1S/C15H16F3NO5/c1-19(13(20)11-6-7-12(23-11)14(21)22)8-9-4-2-3-5-10(9)24-15(16,17)18/h2-5,11-12H,6-8H2,1H3,(H,21,22)/t11-,12+/m0/s1. The molecule has 9 heteroatoms. The van der Waals surface area contributed by atoms with E-state index in [4.69, 9.17) is 9.84 Å². The number of carboxylic acid groups (broad SMARTS) is 1. The molecule has 1 aliphatic heterocycles. The van der Waals surface area contributed by atoms with Gasteiger partial charge >= 0.3 is 12.3 Å². The number of hydrogen-bond donors (Lipinski definition) is 1. The van der Waals surface area contributed by atoms with E-state index in [2.05, 4.69) is 4.74 Å². The zero-order valence-electron chi connectivity index (χ0n) is 12.7. The van der Waals surface area contributed by atoms with Gasteiger partial charge in [0, 0.05) is 19.2 Å². The van der Waals surface area contributed by atoms with Crippen molar-refractivity contribution in [1.29, 1.82) is 0 Å². The summed E-state index contributed by atoms with van der Waals surface area (Å²) in [5, 5.41) is 8.86. The van der Waals surface area contributed by atoms with E-state index in [0.29, 0.717) is 0 Å². The van der Waals surface area contributed by atoms with E-state index in [1.54, 1.807) is 0 Å². The molecule has 0 unspecified atom stereocenters. The summed E-state index contributed by atoms with van der Waals surface area (Å²) < 4.78 is 46.3. The third-order valence-electron chi connectivity index (χ3n) is 3.55. The number of alkyl halides is 3. The van der Waals surface area contributed by atoms with E-state index in [1.807, 2.05) is 0 Å². The minimum Gasteiger partial charge on any atom is -0.479 e. The highest BCUT2D eigenvalue weighted by molar-refractivity contribution is 5.82. The number of aliphatic carboxylic acids is 1. The number of benzene rings is 1. The molecule has 1 heterocycles. The van der Waals surface area contributed by atoms with Gasteiger partial charge < -0.3 is 19.5 Å². The minimum absolute atomic E-state index is 0.122. The average molecular weight is 347 g/mol. The van der Waals surface area contributed by atoms with Gasteiger partial charge in [-0.2, -0.15) is 0 Å². The summed E-state index contributed by atoms with van der Waals surface area (Å²) in [5.41, 5.74) is 0.179. The van der Waals surface area contributed by atoms with Gasteiger partial charge in [-0.25, -0.2) is 4.79 Å². The van der Waals surface area contributed by atoms with Crippen molar-refractivity contribution in [2.24, 2.45) is 0 Å². The van der Waals surface area contributed by atoms with Gasteiger partial charge in [-0.15, -0.1) is 13.2 Å². The van der Waals surface area contributed by atoms with Gasteiger partial charge in [-0.05, 0) is 18.9 Å². The van der Waals surface area contributed by atoms with Crippen molar-refractivity contribution in [1.82, 2.24) is 4.90 Å². The number of amides is 1. The zero-order valence-corrected chi connectivity index (χ0v) is 12.7. The first-order valence-electron chi connectivity index (χ1n) is 7.14. The third-order valence-corrected chi connectivity index (χ3v) is 3.55. The molecule has 0 aromatic heterocycles. The lowest BCUT2D eigenvalue weighted by molar-refractivity contribution is -0.275. The molecule has 1 fully saturated rings. The Morgan fingerprint density at radius 3 is 2.50 bits per heavy atom. The van der Waals surface area contributed by atoms with Gasteiger partial charge in [0.15, 0.2) is 6.10 Å². The molecule has 1 aromatic carbocycles. The first-order valence-corrected chi connectivity index (χ1v) is 7.14. The lowest BCUT2D eigenvalue weighted by atomic mass is 10.1. The maximum absolute atomic E-state index is 12.4. The molecule has 0 bridgehead atoms. The van der Waals surface area contributed by atoms with E-state index in [9.17, 15) is 22.8 Å². The summed E-state index contributed by atoms with van der Waals surface area (Å²) in [6, 6.07) is 5.50. The van der Waals surface area contributed by atoms with E-state index >= 15 is 0 Å². The molecule has 2 atom stereocenters. The Bertz CT molecular complexity index is 619. The number of carboxylic acids is 1. The van der Waals surface area contributed by atoms with Crippen LogP contribution >= 0.6 is 0 Å². The second-order valence-electron chi connectivity index (χ2n) is 5.38. The first-order chi connectivity index (χ1) is 11.2. The van der Waals surface area contributed by atoms with Crippen LogP contribution in [0.25, 0.3) is 0 Å². The number of nitrogens with zero attached hydrogens (tertiary/aromatic N) is 1. The fraction of sp³-hybridized carbons (Fsp3) is 0.467. The normalized spacial score (nSPS) is 20.7. The Labute approximate surface area is 135 Å². The number of rotatable bonds is 5. The average Bonchev–Trinajstić information content (AvgIpc) is 2.97. The Hall–Kier alpha value is -2.29. The number of carbonyl (C=O) groups excluding carboxylic acids is 1. The number of hydrogen-bond acceptors (Lipinski definition) is 4. The number of para-hydroxylation sites is 1. The molecule has 1 amide bonds. The highest BCUT2D eigenvalue weighted by Gasteiger charge is 2.36. The summed E-state index contributed by atoms with van der Waals surface area (Å²) in [7, 11) is 1.41. The van der Waals surface area contributed by atoms with Crippen LogP contribution in [0.3, 0.4) is 0 Å². The van der Waals surface area contributed by atoms with Crippen LogP contribution in [0.2, 0.25) is 0 Å². The summed E-state index contributed by atoms with van der Waals surface area (Å²) >= 11 is 0. The van der Waals surface area contributed by atoms with Gasteiger partial charge in [0.05, 0.1) is 0 Å². The Balaban J connectivity index is 2.03. The quantitative estimate of drug-likeness (QED) is 0.884. The summed E-state index contributed by atoms with van der Waals surface area (Å²) in [4.78, 5) is 24.3. The van der Waals surface area contributed by atoms with Crippen LogP contribution in [0.5, 0.6) is 5.75 Å². The minimum atomic E-state index is -4.83. The molecule has 132 valence electrons. The summed E-state index contributed by atoms with van der Waals surface area (Å²) in [6.45, 7) is -0.122. The SMILES string of the molecule is CN(Cc1ccccc1OC(F)(F)F)C(=O)[C@@H]1CC[C@H](C(=O)O)O1. The van der Waals surface area contributed by atoms with Crippen molar-refractivity contribution >= 4 is 11.9 Å². The zero-order chi connectivity index (χ0) is 17.9. The molecular formula is C15H16F3NO5. The van der Waals surface area contributed by atoms with Crippen molar-refractivity contribution in [3.63, 3.8) is 0 Å². The largest absolute Gasteiger partial charge is 0.573 e. The lowest BCUT2D eigenvalue weighted by Gasteiger charge is -2.22. The maximum Gasteiger partial charge on any atom is 0.573 e. The van der Waals surface area contributed by atoms with Crippen molar-refractivity contribution in [2.75, 3.05) is 7.05 Å². The Morgan fingerprint density at radius 1 is 1.29 bits per heavy atom. The molecule has 6 nitrogen and oxygen atoms in total. The van der Waals surface area contributed by atoms with Crippen LogP contribution in [0.1, 0.15) is 18.4 Å². The molecule has 1 aromatic rings. The molecule has 24 heavy (non-hydrogen) atoms.